The number of hydrogen-bond acceptors (Lipinski definition) is 6. The van der Waals surface area contributed by atoms with Crippen molar-refractivity contribution >= 4 is 51.2 Å². The van der Waals surface area contributed by atoms with E-state index in [1.165, 1.54) is 30.3 Å². The molecular formula is C21H12BrN3O6. The van der Waals surface area contributed by atoms with E-state index in [1.54, 1.807) is 36.4 Å². The maximum absolute atomic E-state index is 12.9. The minimum atomic E-state index is -0.855. The van der Waals surface area contributed by atoms with Gasteiger partial charge in [0.25, 0.3) is 17.5 Å². The van der Waals surface area contributed by atoms with Gasteiger partial charge >= 0.3 is 6.03 Å². The van der Waals surface area contributed by atoms with E-state index in [0.717, 1.165) is 9.37 Å². The van der Waals surface area contributed by atoms with E-state index in [9.17, 15) is 24.5 Å². The normalized spacial score (nSPS) is 15.3. The summed E-state index contributed by atoms with van der Waals surface area (Å²) in [7, 11) is 0. The highest BCUT2D eigenvalue weighted by molar-refractivity contribution is 9.10. The molecule has 4 amide bonds. The van der Waals surface area contributed by atoms with Crippen LogP contribution < -0.4 is 10.2 Å². The van der Waals surface area contributed by atoms with Crippen LogP contribution >= 0.6 is 15.9 Å². The molecular weight excluding hydrogens is 470 g/mol. The van der Waals surface area contributed by atoms with Gasteiger partial charge in [-0.2, -0.15) is 0 Å². The van der Waals surface area contributed by atoms with Crippen LogP contribution in [0.25, 0.3) is 17.4 Å². The topological polar surface area (TPSA) is 123 Å². The number of furan rings is 1. The molecule has 4 rings (SSSR count). The predicted octanol–water partition coefficient (Wildman–Crippen LogP) is 4.28. The number of non-ortho nitro benzene ring substituents is 1. The molecule has 1 fully saturated rings. The maximum atomic E-state index is 12.9. The standard InChI is InChI=1S/C21H12BrN3O6/c22-13-4-6-14(7-5-13)24-20(27)17(19(26)23-21(24)28)11-16-8-9-18(31-16)12-2-1-3-15(10-12)25(29)30/h1-11H,(H,23,26,28). The van der Waals surface area contributed by atoms with Crippen LogP contribution in [0.1, 0.15) is 5.76 Å². The molecule has 2 heterocycles. The smallest absolute Gasteiger partial charge is 0.335 e. The van der Waals surface area contributed by atoms with E-state index in [2.05, 4.69) is 21.2 Å². The zero-order valence-electron chi connectivity index (χ0n) is 15.6. The van der Waals surface area contributed by atoms with Gasteiger partial charge in [-0.3, -0.25) is 25.0 Å². The minimum Gasteiger partial charge on any atom is -0.457 e. The number of rotatable bonds is 4. The zero-order valence-corrected chi connectivity index (χ0v) is 17.2. The summed E-state index contributed by atoms with van der Waals surface area (Å²) >= 11 is 3.28. The Morgan fingerprint density at radius 1 is 1.03 bits per heavy atom. The molecule has 0 bridgehead atoms. The lowest BCUT2D eigenvalue weighted by Crippen LogP contribution is -2.54. The number of nitro benzene ring substituents is 1. The van der Waals surface area contributed by atoms with Crippen molar-refractivity contribution in [1.29, 1.82) is 0 Å². The number of amides is 4. The second kappa shape index (κ2) is 8.00. The molecule has 1 aliphatic heterocycles. The third-order valence-electron chi connectivity index (χ3n) is 4.44. The second-order valence-corrected chi connectivity index (χ2v) is 7.36. The first-order chi connectivity index (χ1) is 14.8. The third kappa shape index (κ3) is 4.01. The largest absolute Gasteiger partial charge is 0.457 e. The van der Waals surface area contributed by atoms with Gasteiger partial charge < -0.3 is 4.42 Å². The van der Waals surface area contributed by atoms with Crippen LogP contribution in [0.3, 0.4) is 0 Å². The summed E-state index contributed by atoms with van der Waals surface area (Å²) in [5, 5.41) is 13.1. The van der Waals surface area contributed by atoms with Crippen LogP contribution in [0.5, 0.6) is 0 Å². The Kier molecular flexibility index (Phi) is 5.22. The van der Waals surface area contributed by atoms with Crippen molar-refractivity contribution in [2.45, 2.75) is 0 Å². The molecule has 0 unspecified atom stereocenters. The van der Waals surface area contributed by atoms with Gasteiger partial charge in [-0.1, -0.05) is 28.1 Å². The first-order valence-corrected chi connectivity index (χ1v) is 9.64. The van der Waals surface area contributed by atoms with Gasteiger partial charge in [-0.05, 0) is 42.5 Å². The van der Waals surface area contributed by atoms with E-state index in [-0.39, 0.29) is 17.0 Å². The van der Waals surface area contributed by atoms with Crippen LogP contribution in [-0.2, 0) is 9.59 Å². The minimum absolute atomic E-state index is 0.0979. The van der Waals surface area contributed by atoms with Gasteiger partial charge in [-0.15, -0.1) is 0 Å². The fraction of sp³-hybridized carbons (Fsp3) is 0. The first-order valence-electron chi connectivity index (χ1n) is 8.85. The highest BCUT2D eigenvalue weighted by Gasteiger charge is 2.37. The Morgan fingerprint density at radius 2 is 1.77 bits per heavy atom. The Morgan fingerprint density at radius 3 is 2.48 bits per heavy atom. The van der Waals surface area contributed by atoms with Crippen molar-refractivity contribution in [3.8, 4) is 11.3 Å². The van der Waals surface area contributed by atoms with E-state index >= 15 is 0 Å². The molecule has 9 nitrogen and oxygen atoms in total. The molecule has 1 N–H and O–H groups in total. The van der Waals surface area contributed by atoms with Crippen molar-refractivity contribution in [1.82, 2.24) is 5.32 Å². The molecule has 0 atom stereocenters. The number of nitrogens with one attached hydrogen (secondary N) is 1. The summed E-state index contributed by atoms with van der Waals surface area (Å²) in [4.78, 5) is 48.7. The van der Waals surface area contributed by atoms with E-state index in [0.29, 0.717) is 17.0 Å². The van der Waals surface area contributed by atoms with Gasteiger partial charge in [0, 0.05) is 22.2 Å². The molecule has 2 aromatic carbocycles. The fourth-order valence-electron chi connectivity index (χ4n) is 2.98. The highest BCUT2D eigenvalue weighted by atomic mass is 79.9. The number of anilines is 1. The summed E-state index contributed by atoms with van der Waals surface area (Å²) in [6.45, 7) is 0. The maximum Gasteiger partial charge on any atom is 0.335 e. The van der Waals surface area contributed by atoms with Crippen molar-refractivity contribution in [2.24, 2.45) is 0 Å². The molecule has 0 saturated carbocycles. The second-order valence-electron chi connectivity index (χ2n) is 6.44. The summed E-state index contributed by atoms with van der Waals surface area (Å²) < 4.78 is 6.41. The molecule has 1 saturated heterocycles. The number of imide groups is 2. The number of benzene rings is 2. The molecule has 3 aromatic rings. The van der Waals surface area contributed by atoms with Crippen LogP contribution in [-0.4, -0.2) is 22.8 Å². The number of nitrogens with zero attached hydrogens (tertiary/aromatic N) is 2. The molecule has 1 aromatic heterocycles. The Labute approximate surface area is 183 Å². The van der Waals surface area contributed by atoms with E-state index < -0.39 is 22.8 Å². The molecule has 31 heavy (non-hydrogen) atoms. The molecule has 0 spiro atoms. The van der Waals surface area contributed by atoms with Crippen molar-refractivity contribution < 1.29 is 23.7 Å². The lowest BCUT2D eigenvalue weighted by molar-refractivity contribution is -0.384. The van der Waals surface area contributed by atoms with Crippen molar-refractivity contribution in [2.75, 3.05) is 4.90 Å². The quantitative estimate of drug-likeness (QED) is 0.256. The number of halogens is 1. The van der Waals surface area contributed by atoms with Crippen LogP contribution in [0.15, 0.2) is 75.1 Å². The van der Waals surface area contributed by atoms with Crippen LogP contribution in [0.2, 0.25) is 0 Å². The summed E-state index contributed by atoms with van der Waals surface area (Å²) in [5.41, 5.74) is 0.368. The molecule has 0 aliphatic carbocycles. The average Bonchev–Trinajstić information content (AvgIpc) is 3.21. The number of carbonyl (C=O) groups excluding carboxylic acids is 3. The summed E-state index contributed by atoms with van der Waals surface area (Å²) in [5.74, 6) is -1.16. The number of barbiturate groups is 1. The Hall–Kier alpha value is -4.05. The van der Waals surface area contributed by atoms with Gasteiger partial charge in [0.05, 0.1) is 10.6 Å². The van der Waals surface area contributed by atoms with E-state index in [4.69, 9.17) is 4.42 Å². The Bertz CT molecular complexity index is 1260. The average molecular weight is 482 g/mol. The molecule has 154 valence electrons. The fourth-order valence-corrected chi connectivity index (χ4v) is 3.25. The molecule has 0 radical (unpaired) electrons. The molecule has 10 heteroatoms. The lowest BCUT2D eigenvalue weighted by Gasteiger charge is -2.26. The number of urea groups is 1. The first kappa shape index (κ1) is 20.2. The number of nitro groups is 1. The van der Waals surface area contributed by atoms with Gasteiger partial charge in [-0.25, -0.2) is 9.69 Å². The van der Waals surface area contributed by atoms with Gasteiger partial charge in [0.1, 0.15) is 17.1 Å². The van der Waals surface area contributed by atoms with Crippen molar-refractivity contribution in [3.05, 3.63) is 86.6 Å². The lowest BCUT2D eigenvalue weighted by atomic mass is 10.1. The highest BCUT2D eigenvalue weighted by Crippen LogP contribution is 2.28. The van der Waals surface area contributed by atoms with Crippen molar-refractivity contribution in [3.63, 3.8) is 0 Å². The number of hydrogen-bond donors (Lipinski definition) is 1. The van der Waals surface area contributed by atoms with E-state index in [1.807, 2.05) is 0 Å². The summed E-state index contributed by atoms with van der Waals surface area (Å²) in [6.07, 6.45) is 1.22. The third-order valence-corrected chi connectivity index (χ3v) is 4.97. The predicted molar refractivity (Wildman–Crippen MR) is 114 cm³/mol. The SMILES string of the molecule is O=C1NC(=O)N(c2ccc(Br)cc2)C(=O)C1=Cc1ccc(-c2cccc([N+](=O)[O-])c2)o1. The Balaban J connectivity index is 1.66. The number of carbonyl (C=O) groups is 3. The monoisotopic (exact) mass is 481 g/mol. The van der Waals surface area contributed by atoms with Crippen LogP contribution in [0, 0.1) is 10.1 Å². The molecule has 1 aliphatic rings. The van der Waals surface area contributed by atoms with Gasteiger partial charge in [0.2, 0.25) is 0 Å². The van der Waals surface area contributed by atoms with Crippen LogP contribution in [0.4, 0.5) is 16.2 Å². The zero-order chi connectivity index (χ0) is 22.1. The summed E-state index contributed by atoms with van der Waals surface area (Å²) in [6, 6.07) is 14.5. The van der Waals surface area contributed by atoms with Gasteiger partial charge in [0.15, 0.2) is 0 Å².